The lowest BCUT2D eigenvalue weighted by molar-refractivity contribution is 0.0192. The molecule has 0 aliphatic carbocycles. The van der Waals surface area contributed by atoms with Crippen LogP contribution in [0.3, 0.4) is 0 Å². The fourth-order valence-corrected chi connectivity index (χ4v) is 6.58. The summed E-state index contributed by atoms with van der Waals surface area (Å²) < 4.78 is 33.6. The van der Waals surface area contributed by atoms with Crippen molar-refractivity contribution in [1.29, 1.82) is 0 Å². The van der Waals surface area contributed by atoms with Gasteiger partial charge in [0.05, 0.1) is 10.5 Å². The summed E-state index contributed by atoms with van der Waals surface area (Å²) in [5.74, 6) is 0. The van der Waals surface area contributed by atoms with E-state index in [0.29, 0.717) is 4.90 Å². The summed E-state index contributed by atoms with van der Waals surface area (Å²) in [7, 11) is -4.00. The molecular weight excluding hydrogens is 314 g/mol. The van der Waals surface area contributed by atoms with E-state index < -0.39 is 23.9 Å². The van der Waals surface area contributed by atoms with Crippen molar-refractivity contribution in [3.8, 4) is 0 Å². The fraction of sp³-hybridized carbons (Fsp3) is 0.625. The molecule has 0 amide bonds. The molecule has 0 radical (unpaired) electrons. The zero-order valence-corrected chi connectivity index (χ0v) is 16.8. The van der Waals surface area contributed by atoms with Crippen LogP contribution >= 0.6 is 0 Å². The molecule has 0 aliphatic heterocycles. The molecule has 1 aromatic rings. The van der Waals surface area contributed by atoms with Crippen molar-refractivity contribution in [3.05, 3.63) is 29.8 Å². The molecule has 22 heavy (non-hydrogen) atoms. The highest BCUT2D eigenvalue weighted by Crippen LogP contribution is 2.35. The summed E-state index contributed by atoms with van der Waals surface area (Å²) in [4.78, 5) is 0.299. The van der Waals surface area contributed by atoms with Crippen molar-refractivity contribution in [2.45, 2.75) is 63.2 Å². The van der Waals surface area contributed by atoms with Crippen LogP contribution in [0, 0.1) is 0 Å². The molecule has 0 aromatic heterocycles. The third-order valence-electron chi connectivity index (χ3n) is 4.63. The van der Waals surface area contributed by atoms with E-state index in [1.54, 1.807) is 19.2 Å². The molecule has 0 saturated heterocycles. The van der Waals surface area contributed by atoms with Crippen LogP contribution in [0.25, 0.3) is 0 Å². The molecule has 126 valence electrons. The third kappa shape index (κ3) is 4.19. The van der Waals surface area contributed by atoms with Crippen molar-refractivity contribution in [3.63, 3.8) is 0 Å². The minimum absolute atomic E-state index is 0.0575. The predicted octanol–water partition coefficient (Wildman–Crippen LogP) is 3.85. The number of nitrogens with one attached hydrogen (secondary N) is 1. The molecule has 6 heteroatoms. The summed E-state index contributed by atoms with van der Waals surface area (Å²) in [6.45, 7) is 14.2. The van der Waals surface area contributed by atoms with E-state index in [4.69, 9.17) is 4.74 Å². The Bertz CT molecular complexity index is 614. The molecule has 1 rings (SSSR count). The molecule has 0 bridgehead atoms. The van der Waals surface area contributed by atoms with Gasteiger partial charge in [-0.1, -0.05) is 46.0 Å². The molecule has 0 atom stereocenters. The normalized spacial score (nSPS) is 14.2. The van der Waals surface area contributed by atoms with Crippen LogP contribution in [0.15, 0.2) is 29.2 Å². The first-order chi connectivity index (χ1) is 9.73. The average molecular weight is 344 g/mol. The van der Waals surface area contributed by atoms with Gasteiger partial charge in [0.15, 0.2) is 0 Å². The first-order valence-electron chi connectivity index (χ1n) is 7.43. The maximum atomic E-state index is 12.6. The number of methoxy groups -OCH3 is 1. The Morgan fingerprint density at radius 2 is 1.45 bits per heavy atom. The Kier molecular flexibility index (Phi) is 5.34. The summed E-state index contributed by atoms with van der Waals surface area (Å²) in [5, 5.41) is -0.0575. The molecule has 0 spiro atoms. The Hall–Kier alpha value is -0.693. The van der Waals surface area contributed by atoms with Gasteiger partial charge in [0.25, 0.3) is 0 Å². The standard InChI is InChI=1S/C16H29NO3SSi/c1-15(2,3)22(7,8)17-21(18,19)14-11-9-13(10-12-14)16(4,5)20-6/h9-12,17H,1-8H3. The van der Waals surface area contributed by atoms with Crippen LogP contribution in [-0.4, -0.2) is 23.8 Å². The van der Waals surface area contributed by atoms with Crippen LogP contribution in [0.4, 0.5) is 0 Å². The summed E-state index contributed by atoms with van der Waals surface area (Å²) in [6.07, 6.45) is 0. The molecule has 4 nitrogen and oxygen atoms in total. The number of rotatable bonds is 5. The van der Waals surface area contributed by atoms with E-state index in [2.05, 4.69) is 25.2 Å². The summed E-state index contributed by atoms with van der Waals surface area (Å²) >= 11 is 0. The summed E-state index contributed by atoms with van der Waals surface area (Å²) in [5.41, 5.74) is 0.510. The van der Waals surface area contributed by atoms with E-state index in [9.17, 15) is 8.42 Å². The van der Waals surface area contributed by atoms with Crippen molar-refractivity contribution in [2.75, 3.05) is 7.11 Å². The number of hydrogen-bond donors (Lipinski definition) is 1. The monoisotopic (exact) mass is 343 g/mol. The molecule has 0 unspecified atom stereocenters. The van der Waals surface area contributed by atoms with Gasteiger partial charge in [-0.15, -0.1) is 0 Å². The predicted molar refractivity (Wildman–Crippen MR) is 94.0 cm³/mol. The van der Waals surface area contributed by atoms with E-state index in [-0.39, 0.29) is 5.04 Å². The number of benzene rings is 1. The van der Waals surface area contributed by atoms with E-state index in [1.807, 2.05) is 39.1 Å². The van der Waals surface area contributed by atoms with Crippen LogP contribution in [0.1, 0.15) is 40.2 Å². The van der Waals surface area contributed by atoms with Gasteiger partial charge in [-0.05, 0) is 36.6 Å². The van der Waals surface area contributed by atoms with Gasteiger partial charge in [-0.2, -0.15) is 0 Å². The van der Waals surface area contributed by atoms with E-state index >= 15 is 0 Å². The minimum atomic E-state index is -3.50. The Balaban J connectivity index is 3.11. The van der Waals surface area contributed by atoms with Gasteiger partial charge in [0, 0.05) is 7.11 Å². The zero-order chi connectivity index (χ0) is 17.4. The van der Waals surface area contributed by atoms with Gasteiger partial charge >= 0.3 is 0 Å². The number of ether oxygens (including phenoxy) is 1. The van der Waals surface area contributed by atoms with Gasteiger partial charge in [0.2, 0.25) is 10.0 Å². The number of hydrogen-bond acceptors (Lipinski definition) is 3. The van der Waals surface area contributed by atoms with Crippen molar-refractivity contribution in [1.82, 2.24) is 4.39 Å². The maximum absolute atomic E-state index is 12.6. The molecule has 1 aromatic carbocycles. The second-order valence-electron chi connectivity index (χ2n) is 7.72. The maximum Gasteiger partial charge on any atom is 0.234 e. The Morgan fingerprint density at radius 1 is 1.00 bits per heavy atom. The first kappa shape index (κ1) is 19.4. The van der Waals surface area contributed by atoms with Crippen LogP contribution in [0.5, 0.6) is 0 Å². The lowest BCUT2D eigenvalue weighted by atomic mass is 9.98. The Labute approximate surface area is 136 Å². The minimum Gasteiger partial charge on any atom is -0.374 e. The van der Waals surface area contributed by atoms with Crippen molar-refractivity contribution in [2.24, 2.45) is 0 Å². The van der Waals surface area contributed by atoms with Gasteiger partial charge < -0.3 is 4.74 Å². The molecule has 0 heterocycles. The average Bonchev–Trinajstić information content (AvgIpc) is 2.36. The van der Waals surface area contributed by atoms with Crippen LogP contribution in [-0.2, 0) is 20.4 Å². The van der Waals surface area contributed by atoms with Crippen molar-refractivity contribution < 1.29 is 13.2 Å². The number of sulfonamides is 1. The first-order valence-corrected chi connectivity index (χ1v) is 11.9. The fourth-order valence-electron chi connectivity index (χ4n) is 1.70. The Morgan fingerprint density at radius 3 is 1.82 bits per heavy atom. The lowest BCUT2D eigenvalue weighted by Gasteiger charge is -2.36. The molecule has 0 saturated carbocycles. The largest absolute Gasteiger partial charge is 0.374 e. The highest BCUT2D eigenvalue weighted by Gasteiger charge is 2.39. The van der Waals surface area contributed by atoms with E-state index in [0.717, 1.165) is 5.56 Å². The van der Waals surface area contributed by atoms with Gasteiger partial charge in [-0.3, -0.25) is 0 Å². The second-order valence-corrected chi connectivity index (χ2v) is 14.8. The quantitative estimate of drug-likeness (QED) is 0.826. The smallest absolute Gasteiger partial charge is 0.234 e. The lowest BCUT2D eigenvalue weighted by Crippen LogP contribution is -2.54. The summed E-state index contributed by atoms with van der Waals surface area (Å²) in [6, 6.07) is 6.91. The van der Waals surface area contributed by atoms with Gasteiger partial charge in [-0.25, -0.2) is 12.8 Å². The SMILES string of the molecule is COC(C)(C)c1ccc(S(=O)(=O)N[Si](C)(C)C(C)(C)C)cc1. The highest BCUT2D eigenvalue weighted by atomic mass is 32.2. The molecule has 0 aliphatic rings. The third-order valence-corrected chi connectivity index (χ3v) is 12.4. The topological polar surface area (TPSA) is 55.4 Å². The van der Waals surface area contributed by atoms with E-state index in [1.165, 1.54) is 0 Å². The highest BCUT2D eigenvalue weighted by molar-refractivity contribution is 7.91. The van der Waals surface area contributed by atoms with Crippen LogP contribution < -0.4 is 4.39 Å². The van der Waals surface area contributed by atoms with Crippen molar-refractivity contribution >= 4 is 18.3 Å². The zero-order valence-electron chi connectivity index (χ0n) is 14.9. The van der Waals surface area contributed by atoms with Gasteiger partial charge in [0.1, 0.15) is 8.24 Å². The molecular formula is C16H29NO3SSi. The molecule has 1 N–H and O–H groups in total. The second kappa shape index (κ2) is 6.07. The van der Waals surface area contributed by atoms with Crippen LogP contribution in [0.2, 0.25) is 18.1 Å². The molecule has 0 fully saturated rings.